The second-order valence-electron chi connectivity index (χ2n) is 6.57. The number of hydrogen-bond acceptors (Lipinski definition) is 6. The van der Waals surface area contributed by atoms with Crippen molar-refractivity contribution >= 4 is 22.6 Å². The molecule has 0 bridgehead atoms. The van der Waals surface area contributed by atoms with Gasteiger partial charge in [0.1, 0.15) is 5.60 Å². The molecule has 8 nitrogen and oxygen atoms in total. The summed E-state index contributed by atoms with van der Waals surface area (Å²) in [4.78, 5) is 28.1. The van der Waals surface area contributed by atoms with Crippen molar-refractivity contribution in [3.05, 3.63) is 28.4 Å². The summed E-state index contributed by atoms with van der Waals surface area (Å²) in [6, 6.07) is 2.72. The number of amides is 1. The Balaban J connectivity index is 2.14. The van der Waals surface area contributed by atoms with Gasteiger partial charge >= 0.3 is 11.8 Å². The fourth-order valence-corrected chi connectivity index (χ4v) is 3.96. The van der Waals surface area contributed by atoms with E-state index in [1.165, 1.54) is 23.2 Å². The summed E-state index contributed by atoms with van der Waals surface area (Å²) in [5.41, 5.74) is -0.867. The fourth-order valence-electron chi connectivity index (χ4n) is 2.44. The minimum absolute atomic E-state index is 0.0430. The van der Waals surface area contributed by atoms with Crippen LogP contribution in [0.5, 0.6) is 0 Å². The lowest BCUT2D eigenvalue weighted by Gasteiger charge is -2.33. The van der Waals surface area contributed by atoms with Gasteiger partial charge in [0.2, 0.25) is 5.03 Å². The molecule has 2 rings (SSSR count). The van der Waals surface area contributed by atoms with E-state index < -0.39 is 32.7 Å². The molecule has 0 aromatic carbocycles. The van der Waals surface area contributed by atoms with E-state index in [2.05, 4.69) is 4.98 Å². The molecule has 1 aromatic rings. The third-order valence-corrected chi connectivity index (χ3v) is 5.16. The molecule has 0 spiro atoms. The van der Waals surface area contributed by atoms with Crippen molar-refractivity contribution < 1.29 is 18.7 Å². The van der Waals surface area contributed by atoms with Crippen molar-refractivity contribution in [2.24, 2.45) is 0 Å². The second kappa shape index (κ2) is 7.25. The van der Waals surface area contributed by atoms with E-state index in [9.17, 15) is 19.1 Å². The number of carbonyl (C=O) groups is 1. The minimum Gasteiger partial charge on any atom is -0.444 e. The van der Waals surface area contributed by atoms with Gasteiger partial charge in [-0.05, 0) is 39.7 Å². The van der Waals surface area contributed by atoms with Gasteiger partial charge in [0.25, 0.3) is 0 Å². The molecule has 9 heteroatoms. The lowest BCUT2D eigenvalue weighted by atomic mass is 10.1. The van der Waals surface area contributed by atoms with Crippen LogP contribution in [0.1, 0.15) is 33.6 Å². The molecule has 24 heavy (non-hydrogen) atoms. The van der Waals surface area contributed by atoms with Crippen molar-refractivity contribution in [2.45, 2.75) is 49.5 Å². The molecule has 0 aliphatic carbocycles. The Hall–Kier alpha value is -2.03. The Kier molecular flexibility index (Phi) is 5.53. The predicted molar refractivity (Wildman–Crippen MR) is 88.1 cm³/mol. The number of ether oxygens (including phenoxy) is 1. The molecule has 1 aromatic heterocycles. The molecule has 0 saturated carbocycles. The molecule has 132 valence electrons. The predicted octanol–water partition coefficient (Wildman–Crippen LogP) is 2.50. The van der Waals surface area contributed by atoms with Crippen molar-refractivity contribution in [1.82, 2.24) is 9.88 Å². The Morgan fingerprint density at radius 3 is 2.83 bits per heavy atom. The summed E-state index contributed by atoms with van der Waals surface area (Å²) in [6.07, 6.45) is 2.20. The van der Waals surface area contributed by atoms with E-state index in [0.29, 0.717) is 19.4 Å². The van der Waals surface area contributed by atoms with Crippen LogP contribution >= 0.6 is 0 Å². The van der Waals surface area contributed by atoms with Crippen molar-refractivity contribution in [2.75, 3.05) is 13.1 Å². The topological polar surface area (TPSA) is 103 Å². The van der Waals surface area contributed by atoms with E-state index >= 15 is 0 Å². The first-order valence-electron chi connectivity index (χ1n) is 7.67. The summed E-state index contributed by atoms with van der Waals surface area (Å²) in [5.74, 6) is 0. The third-order valence-electron chi connectivity index (χ3n) is 3.47. The maximum atomic E-state index is 12.7. The summed E-state index contributed by atoms with van der Waals surface area (Å²) in [6.45, 7) is 6.09. The normalized spacial score (nSPS) is 19.6. The zero-order valence-corrected chi connectivity index (χ0v) is 14.7. The Labute approximate surface area is 142 Å². The molecule has 2 atom stereocenters. The highest BCUT2D eigenvalue weighted by molar-refractivity contribution is 7.85. The third kappa shape index (κ3) is 4.50. The zero-order chi connectivity index (χ0) is 17.9. The number of carbonyl (C=O) groups excluding carboxylic acids is 1. The van der Waals surface area contributed by atoms with E-state index in [0.717, 1.165) is 0 Å². The molecule has 2 heterocycles. The number of pyridine rings is 1. The summed E-state index contributed by atoms with van der Waals surface area (Å²) in [7, 11) is -1.66. The van der Waals surface area contributed by atoms with Crippen LogP contribution in [-0.4, -0.2) is 49.0 Å². The van der Waals surface area contributed by atoms with E-state index in [1.807, 2.05) is 0 Å². The molecule has 2 unspecified atom stereocenters. The molecular formula is C15H21N3O5S. The van der Waals surface area contributed by atoms with Crippen LogP contribution in [0.3, 0.4) is 0 Å². The largest absolute Gasteiger partial charge is 0.444 e. The van der Waals surface area contributed by atoms with E-state index in [1.54, 1.807) is 20.8 Å². The lowest BCUT2D eigenvalue weighted by molar-refractivity contribution is -0.388. The molecule has 0 N–H and O–H groups in total. The minimum atomic E-state index is -1.66. The van der Waals surface area contributed by atoms with Crippen molar-refractivity contribution in [3.63, 3.8) is 0 Å². The second-order valence-corrected chi connectivity index (χ2v) is 8.22. The van der Waals surface area contributed by atoms with Crippen molar-refractivity contribution in [3.8, 4) is 0 Å². The zero-order valence-electron chi connectivity index (χ0n) is 13.9. The van der Waals surface area contributed by atoms with Crippen LogP contribution in [0.2, 0.25) is 0 Å². The highest BCUT2D eigenvalue weighted by Gasteiger charge is 2.33. The Bertz CT molecular complexity index is 659. The van der Waals surface area contributed by atoms with Gasteiger partial charge in [-0.1, -0.05) is 0 Å². The van der Waals surface area contributed by atoms with Crippen LogP contribution < -0.4 is 0 Å². The van der Waals surface area contributed by atoms with Gasteiger partial charge in [-0.3, -0.25) is 14.3 Å². The Morgan fingerprint density at radius 2 is 2.21 bits per heavy atom. The average Bonchev–Trinajstić information content (AvgIpc) is 2.52. The van der Waals surface area contributed by atoms with Crippen LogP contribution in [0.15, 0.2) is 23.4 Å². The number of nitrogens with zero attached hydrogens (tertiary/aromatic N) is 3. The molecule has 1 fully saturated rings. The van der Waals surface area contributed by atoms with Gasteiger partial charge in [-0.25, -0.2) is 9.78 Å². The van der Waals surface area contributed by atoms with Crippen LogP contribution in [0.4, 0.5) is 10.5 Å². The summed E-state index contributed by atoms with van der Waals surface area (Å²) < 4.78 is 18.1. The first-order valence-corrected chi connectivity index (χ1v) is 8.88. The van der Waals surface area contributed by atoms with Crippen molar-refractivity contribution in [1.29, 1.82) is 0 Å². The molecule has 0 radical (unpaired) electrons. The number of piperidine rings is 1. The quantitative estimate of drug-likeness (QED) is 0.609. The molecule has 1 saturated heterocycles. The standard InChI is InChI=1S/C15H21N3O5S/c1-15(2,3)23-14(19)17-9-5-6-11(10-17)24(22)13-12(18(20)21)7-4-8-16-13/h4,7-8,11H,5-6,9-10H2,1-3H3. The maximum Gasteiger partial charge on any atom is 0.410 e. The maximum absolute atomic E-state index is 12.7. The molecular weight excluding hydrogens is 334 g/mol. The van der Waals surface area contributed by atoms with Gasteiger partial charge in [0.05, 0.1) is 21.0 Å². The van der Waals surface area contributed by atoms with Crippen LogP contribution in [0.25, 0.3) is 0 Å². The number of nitro groups is 1. The first kappa shape index (κ1) is 18.3. The van der Waals surface area contributed by atoms with Gasteiger partial charge in [0, 0.05) is 25.4 Å². The van der Waals surface area contributed by atoms with Gasteiger partial charge in [0.15, 0.2) is 0 Å². The summed E-state index contributed by atoms with van der Waals surface area (Å²) >= 11 is 0. The highest BCUT2D eigenvalue weighted by Crippen LogP contribution is 2.26. The lowest BCUT2D eigenvalue weighted by Crippen LogP contribution is -2.46. The number of likely N-dealkylation sites (tertiary alicyclic amines) is 1. The van der Waals surface area contributed by atoms with Gasteiger partial charge in [-0.2, -0.15) is 0 Å². The molecule has 1 aliphatic heterocycles. The van der Waals surface area contributed by atoms with E-state index in [-0.39, 0.29) is 17.3 Å². The van der Waals surface area contributed by atoms with Gasteiger partial charge < -0.3 is 9.64 Å². The van der Waals surface area contributed by atoms with E-state index in [4.69, 9.17) is 4.74 Å². The first-order chi connectivity index (χ1) is 11.2. The van der Waals surface area contributed by atoms with Gasteiger partial charge in [-0.15, -0.1) is 0 Å². The monoisotopic (exact) mass is 355 g/mol. The number of aromatic nitrogens is 1. The fraction of sp³-hybridized carbons (Fsp3) is 0.600. The Morgan fingerprint density at radius 1 is 1.50 bits per heavy atom. The SMILES string of the molecule is CC(C)(C)OC(=O)N1CCCC(S(=O)c2ncccc2[N+](=O)[O-])C1. The smallest absolute Gasteiger partial charge is 0.410 e. The van der Waals surface area contributed by atoms with Crippen LogP contribution in [0, 0.1) is 10.1 Å². The number of hydrogen-bond donors (Lipinski definition) is 0. The molecule has 1 amide bonds. The number of rotatable bonds is 3. The van der Waals surface area contributed by atoms with Crippen LogP contribution in [-0.2, 0) is 15.5 Å². The summed E-state index contributed by atoms with van der Waals surface area (Å²) in [5, 5.41) is 10.6. The molecule has 1 aliphatic rings. The highest BCUT2D eigenvalue weighted by atomic mass is 32.2. The average molecular weight is 355 g/mol.